The first-order valence-corrected chi connectivity index (χ1v) is 9.07. The highest BCUT2D eigenvalue weighted by Gasteiger charge is 2.27. The Balaban J connectivity index is 2.05. The SMILES string of the molecule is CC[C@H](C)[C@@H](C(=O)OCC(=O)Nc1ccc([N+](=O)[O-])cc1C#N)c1ccccc1. The van der Waals surface area contributed by atoms with Crippen molar-refractivity contribution in [1.29, 1.82) is 5.26 Å². The number of esters is 1. The lowest BCUT2D eigenvalue weighted by Gasteiger charge is -2.21. The molecule has 0 heterocycles. The van der Waals surface area contributed by atoms with E-state index in [4.69, 9.17) is 10.00 Å². The van der Waals surface area contributed by atoms with Crippen LogP contribution in [0.1, 0.15) is 37.3 Å². The zero-order chi connectivity index (χ0) is 21.4. The Morgan fingerprint density at radius 1 is 1.24 bits per heavy atom. The molecule has 0 fully saturated rings. The van der Waals surface area contributed by atoms with Crippen LogP contribution >= 0.6 is 0 Å². The van der Waals surface area contributed by atoms with Gasteiger partial charge in [-0.2, -0.15) is 5.26 Å². The Labute approximate surface area is 168 Å². The largest absolute Gasteiger partial charge is 0.455 e. The Morgan fingerprint density at radius 3 is 2.52 bits per heavy atom. The molecule has 2 aromatic carbocycles. The Kier molecular flexibility index (Phi) is 7.43. The Morgan fingerprint density at radius 2 is 1.93 bits per heavy atom. The number of carbonyl (C=O) groups is 2. The van der Waals surface area contributed by atoms with Crippen LogP contribution in [0.4, 0.5) is 11.4 Å². The number of nitro groups is 1. The van der Waals surface area contributed by atoms with E-state index in [1.165, 1.54) is 12.1 Å². The van der Waals surface area contributed by atoms with Gasteiger partial charge in [0, 0.05) is 12.1 Å². The third-order valence-electron chi connectivity index (χ3n) is 4.58. The number of nitrogens with zero attached hydrogens (tertiary/aromatic N) is 2. The number of anilines is 1. The molecule has 0 bridgehead atoms. The monoisotopic (exact) mass is 395 g/mol. The molecule has 8 nitrogen and oxygen atoms in total. The summed E-state index contributed by atoms with van der Waals surface area (Å²) in [6.45, 7) is 3.38. The zero-order valence-corrected chi connectivity index (χ0v) is 16.1. The lowest BCUT2D eigenvalue weighted by molar-refractivity contribution is -0.384. The lowest BCUT2D eigenvalue weighted by atomic mass is 9.86. The summed E-state index contributed by atoms with van der Waals surface area (Å²) >= 11 is 0. The van der Waals surface area contributed by atoms with Gasteiger partial charge in [0.25, 0.3) is 11.6 Å². The molecular formula is C21H21N3O5. The molecule has 1 N–H and O–H groups in total. The summed E-state index contributed by atoms with van der Waals surface area (Å²) < 4.78 is 5.21. The summed E-state index contributed by atoms with van der Waals surface area (Å²) in [7, 11) is 0. The van der Waals surface area contributed by atoms with Gasteiger partial charge in [-0.15, -0.1) is 0 Å². The number of hydrogen-bond donors (Lipinski definition) is 1. The summed E-state index contributed by atoms with van der Waals surface area (Å²) in [6, 6.07) is 14.5. The standard InChI is InChI=1S/C21H21N3O5/c1-3-14(2)20(15-7-5-4-6-8-15)21(26)29-13-19(25)23-18-10-9-17(24(27)28)11-16(18)12-22/h4-11,14,20H,3,13H2,1-2H3,(H,23,25)/t14-,20+/m0/s1. The number of nitrogens with one attached hydrogen (secondary N) is 1. The maximum absolute atomic E-state index is 12.6. The van der Waals surface area contributed by atoms with Crippen molar-refractivity contribution in [3.8, 4) is 6.07 Å². The van der Waals surface area contributed by atoms with Gasteiger partial charge in [-0.3, -0.25) is 19.7 Å². The normalized spacial score (nSPS) is 12.3. The minimum Gasteiger partial charge on any atom is -0.455 e. The lowest BCUT2D eigenvalue weighted by Crippen LogP contribution is -2.27. The van der Waals surface area contributed by atoms with Crippen molar-refractivity contribution >= 4 is 23.3 Å². The van der Waals surface area contributed by atoms with E-state index >= 15 is 0 Å². The molecule has 0 aliphatic carbocycles. The van der Waals surface area contributed by atoms with Gasteiger partial charge in [-0.1, -0.05) is 50.6 Å². The molecule has 8 heteroatoms. The molecule has 2 atom stereocenters. The van der Waals surface area contributed by atoms with Crippen LogP contribution in [0.15, 0.2) is 48.5 Å². The molecule has 0 saturated heterocycles. The van der Waals surface area contributed by atoms with E-state index in [2.05, 4.69) is 5.32 Å². The van der Waals surface area contributed by atoms with E-state index in [1.807, 2.05) is 44.2 Å². The second-order valence-electron chi connectivity index (χ2n) is 6.53. The van der Waals surface area contributed by atoms with Gasteiger partial charge in [0.1, 0.15) is 6.07 Å². The number of nitro benzene ring substituents is 1. The van der Waals surface area contributed by atoms with E-state index in [9.17, 15) is 19.7 Å². The molecule has 0 spiro atoms. The minimum absolute atomic E-state index is 0.0211. The third kappa shape index (κ3) is 5.62. The fraction of sp³-hybridized carbons (Fsp3) is 0.286. The first-order valence-electron chi connectivity index (χ1n) is 9.07. The van der Waals surface area contributed by atoms with Gasteiger partial charge in [0.2, 0.25) is 0 Å². The average Bonchev–Trinajstić information content (AvgIpc) is 2.73. The molecule has 0 aromatic heterocycles. The highest BCUT2D eigenvalue weighted by Crippen LogP contribution is 2.28. The van der Waals surface area contributed by atoms with Crippen molar-refractivity contribution in [1.82, 2.24) is 0 Å². The van der Waals surface area contributed by atoms with E-state index in [0.717, 1.165) is 18.1 Å². The molecule has 0 aliphatic heterocycles. The topological polar surface area (TPSA) is 122 Å². The molecule has 2 aromatic rings. The molecule has 0 radical (unpaired) electrons. The molecule has 2 rings (SSSR count). The summed E-state index contributed by atoms with van der Waals surface area (Å²) in [5, 5.41) is 22.4. The van der Waals surface area contributed by atoms with Crippen molar-refractivity contribution in [2.24, 2.45) is 5.92 Å². The quantitative estimate of drug-likeness (QED) is 0.412. The number of carbonyl (C=O) groups excluding carboxylic acids is 2. The van der Waals surface area contributed by atoms with Gasteiger partial charge >= 0.3 is 5.97 Å². The average molecular weight is 395 g/mol. The van der Waals surface area contributed by atoms with Crippen LogP contribution < -0.4 is 5.32 Å². The molecule has 29 heavy (non-hydrogen) atoms. The van der Waals surface area contributed by atoms with E-state index in [1.54, 1.807) is 6.07 Å². The Bertz CT molecular complexity index is 937. The van der Waals surface area contributed by atoms with E-state index in [0.29, 0.717) is 0 Å². The second kappa shape index (κ2) is 9.99. The number of rotatable bonds is 8. The third-order valence-corrected chi connectivity index (χ3v) is 4.58. The number of nitriles is 1. The smallest absolute Gasteiger partial charge is 0.314 e. The van der Waals surface area contributed by atoms with Crippen LogP contribution in [-0.4, -0.2) is 23.4 Å². The number of non-ortho nitro benzene ring substituents is 1. The predicted octanol–water partition coefficient (Wildman–Crippen LogP) is 3.78. The van der Waals surface area contributed by atoms with Crippen molar-refractivity contribution < 1.29 is 19.2 Å². The number of amides is 1. The van der Waals surface area contributed by atoms with E-state index in [-0.39, 0.29) is 22.9 Å². The highest BCUT2D eigenvalue weighted by molar-refractivity contribution is 5.94. The van der Waals surface area contributed by atoms with Crippen molar-refractivity contribution in [3.05, 3.63) is 69.8 Å². The number of ether oxygens (including phenoxy) is 1. The van der Waals surface area contributed by atoms with Gasteiger partial charge < -0.3 is 10.1 Å². The molecule has 1 amide bonds. The maximum Gasteiger partial charge on any atom is 0.314 e. The van der Waals surface area contributed by atoms with Crippen LogP contribution in [-0.2, 0) is 14.3 Å². The van der Waals surface area contributed by atoms with Gasteiger partial charge in [-0.25, -0.2) is 0 Å². The first-order chi connectivity index (χ1) is 13.9. The molecule has 0 saturated carbocycles. The van der Waals surface area contributed by atoms with Crippen LogP contribution in [0.25, 0.3) is 0 Å². The summed E-state index contributed by atoms with van der Waals surface area (Å²) in [4.78, 5) is 34.9. The fourth-order valence-corrected chi connectivity index (χ4v) is 2.85. The molecular weight excluding hydrogens is 374 g/mol. The highest BCUT2D eigenvalue weighted by atomic mass is 16.6. The van der Waals surface area contributed by atoms with Gasteiger partial charge in [0.15, 0.2) is 6.61 Å². The summed E-state index contributed by atoms with van der Waals surface area (Å²) in [5.74, 6) is -1.62. The van der Waals surface area contributed by atoms with Crippen LogP contribution in [0.2, 0.25) is 0 Å². The molecule has 0 aliphatic rings. The second-order valence-corrected chi connectivity index (χ2v) is 6.53. The number of hydrogen-bond acceptors (Lipinski definition) is 6. The van der Waals surface area contributed by atoms with Crippen molar-refractivity contribution in [2.45, 2.75) is 26.2 Å². The number of benzene rings is 2. The maximum atomic E-state index is 12.6. The van der Waals surface area contributed by atoms with Crippen molar-refractivity contribution in [3.63, 3.8) is 0 Å². The molecule has 0 unspecified atom stereocenters. The van der Waals surface area contributed by atoms with Crippen LogP contribution in [0, 0.1) is 27.4 Å². The van der Waals surface area contributed by atoms with Crippen molar-refractivity contribution in [2.75, 3.05) is 11.9 Å². The van der Waals surface area contributed by atoms with Gasteiger partial charge in [0.05, 0.1) is 22.1 Å². The summed E-state index contributed by atoms with van der Waals surface area (Å²) in [6.07, 6.45) is 0.759. The first kappa shape index (κ1) is 21.6. The van der Waals surface area contributed by atoms with Crippen LogP contribution in [0.5, 0.6) is 0 Å². The minimum atomic E-state index is -0.639. The van der Waals surface area contributed by atoms with Gasteiger partial charge in [-0.05, 0) is 17.5 Å². The Hall–Kier alpha value is -3.73. The predicted molar refractivity (Wildman–Crippen MR) is 106 cm³/mol. The fourth-order valence-electron chi connectivity index (χ4n) is 2.85. The molecule has 150 valence electrons. The zero-order valence-electron chi connectivity index (χ0n) is 16.1. The van der Waals surface area contributed by atoms with E-state index < -0.39 is 29.3 Å². The van der Waals surface area contributed by atoms with Crippen LogP contribution in [0.3, 0.4) is 0 Å². The summed E-state index contributed by atoms with van der Waals surface area (Å²) in [5.41, 5.74) is 0.612.